The summed E-state index contributed by atoms with van der Waals surface area (Å²) in [6.07, 6.45) is -0.477. The van der Waals surface area contributed by atoms with Crippen LogP contribution in [0.3, 0.4) is 0 Å². The molecule has 0 aliphatic carbocycles. The van der Waals surface area contributed by atoms with E-state index < -0.39 is 6.29 Å². The number of guanidine groups is 1. The molecule has 2 amide bonds. The van der Waals surface area contributed by atoms with Crippen molar-refractivity contribution in [2.24, 2.45) is 4.99 Å². The second-order valence-electron chi connectivity index (χ2n) is 7.30. The average Bonchev–Trinajstić information content (AvgIpc) is 3.09. The van der Waals surface area contributed by atoms with E-state index in [0.717, 1.165) is 28.3 Å². The highest BCUT2D eigenvalue weighted by Gasteiger charge is 2.42. The van der Waals surface area contributed by atoms with E-state index in [1.165, 1.54) is 5.56 Å². The van der Waals surface area contributed by atoms with E-state index in [1.807, 2.05) is 86.6 Å². The molecule has 144 valence electrons. The molecule has 1 atom stereocenters. The number of carbonyl (C=O) groups excluding carboxylic acids is 1. The summed E-state index contributed by atoms with van der Waals surface area (Å²) in [5.74, 6) is 0.490. The lowest BCUT2D eigenvalue weighted by Crippen LogP contribution is -2.57. The fraction of sp³-hybridized carbons (Fsp3) is 0.130. The summed E-state index contributed by atoms with van der Waals surface area (Å²) in [6.45, 7) is 4.07. The minimum atomic E-state index is -0.477. The highest BCUT2D eigenvalue weighted by Crippen LogP contribution is 2.38. The molecule has 0 radical (unpaired) electrons. The molecule has 0 fully saturated rings. The maximum Gasteiger partial charge on any atom is 0.339 e. The number of nitrogens with one attached hydrogen (secondary N) is 2. The second-order valence-corrected chi connectivity index (χ2v) is 7.30. The van der Waals surface area contributed by atoms with Gasteiger partial charge >= 0.3 is 6.03 Å². The Morgan fingerprint density at radius 3 is 2.28 bits per heavy atom. The first-order chi connectivity index (χ1) is 14.1. The first kappa shape index (κ1) is 17.3. The maximum absolute atomic E-state index is 13.6. The number of urea groups is 1. The molecule has 1 unspecified atom stereocenters. The fourth-order valence-electron chi connectivity index (χ4n) is 3.59. The second kappa shape index (κ2) is 6.67. The van der Waals surface area contributed by atoms with Crippen LogP contribution in [0.5, 0.6) is 0 Å². The van der Waals surface area contributed by atoms with Crippen molar-refractivity contribution in [2.45, 2.75) is 20.1 Å². The van der Waals surface area contributed by atoms with Crippen molar-refractivity contribution in [3.8, 4) is 0 Å². The van der Waals surface area contributed by atoms with Gasteiger partial charge in [0, 0.05) is 5.69 Å². The highest BCUT2D eigenvalue weighted by atomic mass is 16.2. The SMILES string of the molecule is Cc1ccc(NC2=NC3Nc4ccccc4N3C(=O)N2c2ccc(C)cc2)cc1. The van der Waals surface area contributed by atoms with E-state index in [-0.39, 0.29) is 6.03 Å². The van der Waals surface area contributed by atoms with Crippen LogP contribution in [0.15, 0.2) is 77.8 Å². The Morgan fingerprint density at radius 2 is 1.55 bits per heavy atom. The van der Waals surface area contributed by atoms with E-state index in [1.54, 1.807) is 9.80 Å². The molecule has 6 heteroatoms. The summed E-state index contributed by atoms with van der Waals surface area (Å²) >= 11 is 0. The molecular formula is C23H21N5O. The van der Waals surface area contributed by atoms with E-state index in [0.29, 0.717) is 5.96 Å². The fourth-order valence-corrected chi connectivity index (χ4v) is 3.59. The molecule has 29 heavy (non-hydrogen) atoms. The molecule has 5 rings (SSSR count). The zero-order valence-electron chi connectivity index (χ0n) is 16.3. The maximum atomic E-state index is 13.6. The first-order valence-corrected chi connectivity index (χ1v) is 9.57. The summed E-state index contributed by atoms with van der Waals surface area (Å²) in [7, 11) is 0. The Morgan fingerprint density at radius 1 is 0.897 bits per heavy atom. The number of aliphatic imine (C=N–C) groups is 1. The van der Waals surface area contributed by atoms with Gasteiger partial charge in [0.15, 0.2) is 0 Å². The number of rotatable bonds is 2. The minimum Gasteiger partial charge on any atom is -0.345 e. The molecule has 0 aromatic heterocycles. The van der Waals surface area contributed by atoms with E-state index in [4.69, 9.17) is 4.99 Å². The number of aryl methyl sites for hydroxylation is 2. The van der Waals surface area contributed by atoms with Crippen LogP contribution in [0.1, 0.15) is 11.1 Å². The molecule has 0 saturated heterocycles. The number of carbonyl (C=O) groups is 1. The van der Waals surface area contributed by atoms with Crippen LogP contribution in [0.2, 0.25) is 0 Å². The van der Waals surface area contributed by atoms with E-state index in [9.17, 15) is 4.79 Å². The highest BCUT2D eigenvalue weighted by molar-refractivity contribution is 6.26. The Labute approximate surface area is 169 Å². The Kier molecular flexibility index (Phi) is 3.98. The number of anilines is 4. The zero-order valence-corrected chi connectivity index (χ0v) is 16.3. The number of amides is 2. The molecule has 2 aliphatic rings. The lowest BCUT2D eigenvalue weighted by molar-refractivity contribution is 0.252. The van der Waals surface area contributed by atoms with Crippen LogP contribution in [0, 0.1) is 13.8 Å². The van der Waals surface area contributed by atoms with Crippen molar-refractivity contribution >= 4 is 34.7 Å². The van der Waals surface area contributed by atoms with Crippen molar-refractivity contribution in [1.29, 1.82) is 0 Å². The van der Waals surface area contributed by atoms with Gasteiger partial charge in [-0.25, -0.2) is 14.7 Å². The zero-order chi connectivity index (χ0) is 20.0. The lowest BCUT2D eigenvalue weighted by Gasteiger charge is -2.36. The van der Waals surface area contributed by atoms with Gasteiger partial charge < -0.3 is 10.6 Å². The molecule has 2 N–H and O–H groups in total. The van der Waals surface area contributed by atoms with E-state index >= 15 is 0 Å². The van der Waals surface area contributed by atoms with Gasteiger partial charge in [0.2, 0.25) is 12.2 Å². The number of nitrogens with zero attached hydrogens (tertiary/aromatic N) is 3. The largest absolute Gasteiger partial charge is 0.345 e. The Balaban J connectivity index is 1.59. The summed E-state index contributed by atoms with van der Waals surface area (Å²) < 4.78 is 0. The van der Waals surface area contributed by atoms with Crippen molar-refractivity contribution in [3.05, 3.63) is 83.9 Å². The van der Waals surface area contributed by atoms with Crippen molar-refractivity contribution in [1.82, 2.24) is 0 Å². The Hall–Kier alpha value is -3.80. The third kappa shape index (κ3) is 2.99. The topological polar surface area (TPSA) is 60.0 Å². The molecule has 0 spiro atoms. The molecule has 0 saturated carbocycles. The van der Waals surface area contributed by atoms with Gasteiger partial charge in [-0.15, -0.1) is 0 Å². The minimum absolute atomic E-state index is 0.152. The van der Waals surface area contributed by atoms with Gasteiger partial charge in [0.25, 0.3) is 0 Å². The van der Waals surface area contributed by atoms with Crippen LogP contribution in [-0.4, -0.2) is 18.3 Å². The summed E-state index contributed by atoms with van der Waals surface area (Å²) in [5.41, 5.74) is 5.68. The van der Waals surface area contributed by atoms with Gasteiger partial charge in [0.1, 0.15) is 0 Å². The van der Waals surface area contributed by atoms with Crippen LogP contribution in [0.4, 0.5) is 27.5 Å². The van der Waals surface area contributed by atoms with Crippen LogP contribution in [0.25, 0.3) is 0 Å². The third-order valence-electron chi connectivity index (χ3n) is 5.15. The molecule has 3 aromatic rings. The lowest BCUT2D eigenvalue weighted by atomic mass is 10.2. The van der Waals surface area contributed by atoms with Gasteiger partial charge in [-0.05, 0) is 50.2 Å². The van der Waals surface area contributed by atoms with Crippen LogP contribution >= 0.6 is 0 Å². The number of fused-ring (bicyclic) bond motifs is 3. The molecule has 2 aliphatic heterocycles. The monoisotopic (exact) mass is 383 g/mol. The number of hydrogen-bond donors (Lipinski definition) is 2. The number of hydrogen-bond acceptors (Lipinski definition) is 4. The van der Waals surface area contributed by atoms with Gasteiger partial charge in [-0.2, -0.15) is 0 Å². The summed E-state index contributed by atoms with van der Waals surface area (Å²) in [5, 5.41) is 6.65. The van der Waals surface area contributed by atoms with E-state index in [2.05, 4.69) is 10.6 Å². The normalized spacial score (nSPS) is 17.4. The quantitative estimate of drug-likeness (QED) is 0.660. The van der Waals surface area contributed by atoms with Crippen molar-refractivity contribution < 1.29 is 4.79 Å². The summed E-state index contributed by atoms with van der Waals surface area (Å²) in [6, 6.07) is 23.5. The standard InChI is InChI=1S/C23H21N5O/c1-15-7-11-17(12-8-15)24-21-26-22-25-19-5-3-4-6-20(19)28(22)23(29)27(21)18-13-9-16(2)10-14-18/h3-14,22,25H,1-2H3,(H,24,26). The molecular weight excluding hydrogens is 362 g/mol. The van der Waals surface area contributed by atoms with Crippen LogP contribution in [-0.2, 0) is 0 Å². The molecule has 6 nitrogen and oxygen atoms in total. The van der Waals surface area contributed by atoms with Gasteiger partial charge in [-0.3, -0.25) is 4.90 Å². The molecule has 3 aromatic carbocycles. The van der Waals surface area contributed by atoms with Gasteiger partial charge in [-0.1, -0.05) is 47.5 Å². The average molecular weight is 383 g/mol. The van der Waals surface area contributed by atoms with Crippen LogP contribution < -0.4 is 20.4 Å². The van der Waals surface area contributed by atoms with Crippen molar-refractivity contribution in [2.75, 3.05) is 20.4 Å². The predicted octanol–water partition coefficient (Wildman–Crippen LogP) is 4.93. The first-order valence-electron chi connectivity index (χ1n) is 9.57. The third-order valence-corrected chi connectivity index (χ3v) is 5.15. The number of benzene rings is 3. The molecule has 2 heterocycles. The smallest absolute Gasteiger partial charge is 0.339 e. The summed E-state index contributed by atoms with van der Waals surface area (Å²) in [4.78, 5) is 21.7. The predicted molar refractivity (Wildman–Crippen MR) is 118 cm³/mol. The Bertz CT molecular complexity index is 1100. The number of para-hydroxylation sites is 2. The molecule has 0 bridgehead atoms. The van der Waals surface area contributed by atoms with Gasteiger partial charge in [0.05, 0.1) is 17.1 Å². The van der Waals surface area contributed by atoms with Crippen molar-refractivity contribution in [3.63, 3.8) is 0 Å².